The third-order valence-electron chi connectivity index (χ3n) is 3.25. The van der Waals surface area contributed by atoms with E-state index in [1.54, 1.807) is 29.7 Å². The van der Waals surface area contributed by atoms with E-state index >= 15 is 0 Å². The monoisotopic (exact) mass is 342 g/mol. The van der Waals surface area contributed by atoms with Gasteiger partial charge in [0.1, 0.15) is 10.3 Å². The SMILES string of the molecule is O=C(OC1C=CSC2=C1CCS2(=O)=O)c1cccc(Cl)c1. The van der Waals surface area contributed by atoms with Crippen molar-refractivity contribution in [2.45, 2.75) is 12.5 Å². The molecule has 0 spiro atoms. The van der Waals surface area contributed by atoms with E-state index in [-0.39, 0.29) is 5.75 Å². The Labute approximate surface area is 131 Å². The largest absolute Gasteiger partial charge is 0.450 e. The standard InChI is InChI=1S/C14H11ClO4S2/c15-10-3-1-2-9(8-10)13(16)19-12-4-6-20-14-11(12)5-7-21(14,17)18/h1-4,6,8,12H,5,7H2. The Balaban J connectivity index is 1.84. The average Bonchev–Trinajstić information content (AvgIpc) is 2.76. The predicted octanol–water partition coefficient (Wildman–Crippen LogP) is 3.16. The van der Waals surface area contributed by atoms with Crippen LogP contribution in [0, 0.1) is 0 Å². The van der Waals surface area contributed by atoms with Gasteiger partial charge < -0.3 is 4.74 Å². The van der Waals surface area contributed by atoms with Gasteiger partial charge in [-0.05, 0) is 36.1 Å². The number of sulfone groups is 1. The summed E-state index contributed by atoms with van der Waals surface area (Å²) in [6.07, 6.45) is 1.49. The van der Waals surface area contributed by atoms with Crippen molar-refractivity contribution in [2.24, 2.45) is 0 Å². The Bertz CT molecular complexity index is 765. The molecule has 0 aromatic heterocycles. The highest BCUT2D eigenvalue weighted by atomic mass is 35.5. The predicted molar refractivity (Wildman–Crippen MR) is 82.8 cm³/mol. The van der Waals surface area contributed by atoms with E-state index in [0.29, 0.717) is 26.8 Å². The molecule has 0 bridgehead atoms. The highest BCUT2D eigenvalue weighted by molar-refractivity contribution is 8.20. The zero-order valence-corrected chi connectivity index (χ0v) is 13.2. The van der Waals surface area contributed by atoms with E-state index in [2.05, 4.69) is 0 Å². The minimum atomic E-state index is -3.21. The Kier molecular flexibility index (Phi) is 3.86. The maximum Gasteiger partial charge on any atom is 0.339 e. The number of carbonyl (C=O) groups excluding carboxylic acids is 1. The summed E-state index contributed by atoms with van der Waals surface area (Å²) in [4.78, 5) is 12.1. The lowest BCUT2D eigenvalue weighted by atomic mass is 10.1. The first-order valence-corrected chi connectivity index (χ1v) is 9.14. The molecule has 0 radical (unpaired) electrons. The van der Waals surface area contributed by atoms with Gasteiger partial charge in [0.05, 0.1) is 11.3 Å². The second-order valence-electron chi connectivity index (χ2n) is 4.66. The fourth-order valence-electron chi connectivity index (χ4n) is 2.24. The van der Waals surface area contributed by atoms with Gasteiger partial charge in [0.25, 0.3) is 0 Å². The second-order valence-corrected chi connectivity index (χ2v) is 8.32. The van der Waals surface area contributed by atoms with Gasteiger partial charge in [0, 0.05) is 10.6 Å². The van der Waals surface area contributed by atoms with Crippen LogP contribution in [0.3, 0.4) is 0 Å². The lowest BCUT2D eigenvalue weighted by Gasteiger charge is -2.19. The molecule has 7 heteroatoms. The summed E-state index contributed by atoms with van der Waals surface area (Å²) in [5.41, 5.74) is 1.01. The van der Waals surface area contributed by atoms with E-state index in [0.717, 1.165) is 0 Å². The highest BCUT2D eigenvalue weighted by Crippen LogP contribution is 2.41. The molecule has 1 atom stereocenters. The third kappa shape index (κ3) is 2.88. The van der Waals surface area contributed by atoms with Crippen molar-refractivity contribution in [3.05, 3.63) is 56.1 Å². The first-order valence-electron chi connectivity index (χ1n) is 6.23. The van der Waals surface area contributed by atoms with Crippen LogP contribution in [-0.4, -0.2) is 26.2 Å². The summed E-state index contributed by atoms with van der Waals surface area (Å²) in [5, 5.41) is 2.10. The van der Waals surface area contributed by atoms with Crippen molar-refractivity contribution >= 4 is 39.2 Å². The number of hydrogen-bond donors (Lipinski definition) is 0. The van der Waals surface area contributed by atoms with Crippen LogP contribution >= 0.6 is 23.4 Å². The quantitative estimate of drug-likeness (QED) is 0.773. The number of hydrogen-bond acceptors (Lipinski definition) is 5. The van der Waals surface area contributed by atoms with Gasteiger partial charge in [-0.1, -0.05) is 29.4 Å². The molecular formula is C14H11ClO4S2. The first-order chi connectivity index (χ1) is 9.97. The Morgan fingerprint density at radius 1 is 1.38 bits per heavy atom. The van der Waals surface area contributed by atoms with Crippen molar-refractivity contribution in [3.63, 3.8) is 0 Å². The summed E-state index contributed by atoms with van der Waals surface area (Å²) >= 11 is 7.01. The number of ether oxygens (including phenoxy) is 1. The normalized spacial score (nSPS) is 23.0. The topological polar surface area (TPSA) is 60.4 Å². The fraction of sp³-hybridized carbons (Fsp3) is 0.214. The molecule has 0 fully saturated rings. The van der Waals surface area contributed by atoms with Crippen molar-refractivity contribution in [3.8, 4) is 0 Å². The number of carbonyl (C=O) groups is 1. The first kappa shape index (κ1) is 14.7. The van der Waals surface area contributed by atoms with Gasteiger partial charge in [-0.3, -0.25) is 0 Å². The molecule has 2 aliphatic rings. The molecule has 0 amide bonds. The maximum atomic E-state index is 12.1. The lowest BCUT2D eigenvalue weighted by molar-refractivity contribution is 0.0445. The van der Waals surface area contributed by atoms with Crippen LogP contribution in [0.25, 0.3) is 0 Å². The zero-order chi connectivity index (χ0) is 15.0. The number of benzene rings is 1. The Hall–Kier alpha value is -1.24. The van der Waals surface area contributed by atoms with Gasteiger partial charge in [-0.25, -0.2) is 13.2 Å². The van der Waals surface area contributed by atoms with Crippen LogP contribution in [0.15, 0.2) is 45.6 Å². The van der Waals surface area contributed by atoms with Crippen LogP contribution < -0.4 is 0 Å². The third-order valence-corrected chi connectivity index (χ3v) is 6.87. The van der Waals surface area contributed by atoms with E-state index in [4.69, 9.17) is 16.3 Å². The summed E-state index contributed by atoms with van der Waals surface area (Å²) < 4.78 is 29.5. The van der Waals surface area contributed by atoms with Crippen molar-refractivity contribution in [1.82, 2.24) is 0 Å². The number of thioether (sulfide) groups is 1. The van der Waals surface area contributed by atoms with Crippen LogP contribution in [-0.2, 0) is 14.6 Å². The smallest absolute Gasteiger partial charge is 0.339 e. The molecule has 4 nitrogen and oxygen atoms in total. The molecule has 1 aromatic rings. The Morgan fingerprint density at radius 3 is 2.95 bits per heavy atom. The Morgan fingerprint density at radius 2 is 2.19 bits per heavy atom. The molecule has 0 aliphatic carbocycles. The highest BCUT2D eigenvalue weighted by Gasteiger charge is 2.36. The van der Waals surface area contributed by atoms with Crippen LogP contribution in [0.4, 0.5) is 0 Å². The van der Waals surface area contributed by atoms with Crippen molar-refractivity contribution in [1.29, 1.82) is 0 Å². The minimum Gasteiger partial charge on any atom is -0.450 e. The van der Waals surface area contributed by atoms with E-state index in [1.807, 2.05) is 0 Å². The number of esters is 1. The summed E-state index contributed by atoms with van der Waals surface area (Å²) in [5.74, 6) is -0.437. The molecule has 1 unspecified atom stereocenters. The zero-order valence-electron chi connectivity index (χ0n) is 10.8. The molecule has 2 aliphatic heterocycles. The molecule has 0 saturated heterocycles. The molecule has 0 N–H and O–H groups in total. The fourth-order valence-corrected chi connectivity index (χ4v) is 5.44. The van der Waals surface area contributed by atoms with Gasteiger partial charge in [-0.15, -0.1) is 0 Å². The van der Waals surface area contributed by atoms with E-state index < -0.39 is 21.9 Å². The molecular weight excluding hydrogens is 332 g/mol. The molecule has 0 saturated carbocycles. The van der Waals surface area contributed by atoms with Gasteiger partial charge in [0.2, 0.25) is 0 Å². The van der Waals surface area contributed by atoms with Gasteiger partial charge >= 0.3 is 5.97 Å². The summed E-state index contributed by atoms with van der Waals surface area (Å²) in [6, 6.07) is 6.46. The minimum absolute atomic E-state index is 0.0809. The number of rotatable bonds is 2. The van der Waals surface area contributed by atoms with Crippen molar-refractivity contribution in [2.75, 3.05) is 5.75 Å². The summed E-state index contributed by atoms with van der Waals surface area (Å²) in [7, 11) is -3.21. The molecule has 3 rings (SSSR count). The van der Waals surface area contributed by atoms with Crippen LogP contribution in [0.2, 0.25) is 5.02 Å². The molecule has 2 heterocycles. The van der Waals surface area contributed by atoms with Crippen LogP contribution in [0.1, 0.15) is 16.8 Å². The second kappa shape index (κ2) is 5.51. The van der Waals surface area contributed by atoms with E-state index in [1.165, 1.54) is 17.8 Å². The average molecular weight is 343 g/mol. The molecule has 110 valence electrons. The number of halogens is 1. The summed E-state index contributed by atoms with van der Waals surface area (Å²) in [6.45, 7) is 0. The maximum absolute atomic E-state index is 12.1. The van der Waals surface area contributed by atoms with E-state index in [9.17, 15) is 13.2 Å². The molecule has 1 aromatic carbocycles. The van der Waals surface area contributed by atoms with Crippen molar-refractivity contribution < 1.29 is 17.9 Å². The molecule has 21 heavy (non-hydrogen) atoms. The lowest BCUT2D eigenvalue weighted by Crippen LogP contribution is -2.20. The van der Waals surface area contributed by atoms with Crippen LogP contribution in [0.5, 0.6) is 0 Å². The van der Waals surface area contributed by atoms with Gasteiger partial charge in [-0.2, -0.15) is 0 Å². The van der Waals surface area contributed by atoms with Gasteiger partial charge in [0.15, 0.2) is 9.84 Å².